The van der Waals surface area contributed by atoms with Crippen molar-refractivity contribution in [2.45, 2.75) is 45.4 Å². The Hall–Kier alpha value is -3.39. The molecule has 1 amide bonds. The zero-order valence-corrected chi connectivity index (χ0v) is 21.4. The zero-order valence-electron chi connectivity index (χ0n) is 20.6. The Morgan fingerprint density at radius 1 is 0.971 bits per heavy atom. The second kappa shape index (κ2) is 11.8. The minimum atomic E-state index is -3.77. The summed E-state index contributed by atoms with van der Waals surface area (Å²) in [5.41, 5.74) is 1.74. The van der Waals surface area contributed by atoms with Crippen LogP contribution in [0.3, 0.4) is 0 Å². The summed E-state index contributed by atoms with van der Waals surface area (Å²) < 4.78 is 34.2. The summed E-state index contributed by atoms with van der Waals surface area (Å²) in [6.45, 7) is 8.98. The molecule has 186 valence electrons. The van der Waals surface area contributed by atoms with Crippen molar-refractivity contribution in [3.05, 3.63) is 78.0 Å². The van der Waals surface area contributed by atoms with E-state index in [-0.39, 0.29) is 16.7 Å². The molecule has 2 N–H and O–H groups in total. The average Bonchev–Trinajstić information content (AvgIpc) is 2.79. The van der Waals surface area contributed by atoms with Gasteiger partial charge in [-0.15, -0.1) is 0 Å². The van der Waals surface area contributed by atoms with Crippen LogP contribution in [0.4, 0.5) is 5.69 Å². The highest BCUT2D eigenvalue weighted by molar-refractivity contribution is 7.92. The molecule has 0 aliphatic heterocycles. The van der Waals surface area contributed by atoms with Crippen LogP contribution in [0, 0.1) is 11.8 Å². The summed E-state index contributed by atoms with van der Waals surface area (Å²) in [7, 11) is -3.77. The molecule has 0 saturated carbocycles. The average molecular weight is 496 g/mol. The van der Waals surface area contributed by atoms with Gasteiger partial charge >= 0.3 is 0 Å². The SMILES string of the molecule is CC(C)CCNC(=O)c1cccnc1Oc1cccc(NS(=O)(=O)c2ccc(CC(C)C)cc2)c1. The number of nitrogens with one attached hydrogen (secondary N) is 2. The molecule has 1 aromatic heterocycles. The second-order valence-electron chi connectivity index (χ2n) is 9.27. The van der Waals surface area contributed by atoms with Crippen LogP contribution in [0.15, 0.2) is 71.8 Å². The fourth-order valence-corrected chi connectivity index (χ4v) is 4.49. The van der Waals surface area contributed by atoms with Crippen molar-refractivity contribution in [2.75, 3.05) is 11.3 Å². The lowest BCUT2D eigenvalue weighted by atomic mass is 10.0. The van der Waals surface area contributed by atoms with E-state index in [1.807, 2.05) is 12.1 Å². The van der Waals surface area contributed by atoms with E-state index in [0.717, 1.165) is 18.4 Å². The minimum absolute atomic E-state index is 0.148. The number of anilines is 1. The molecule has 35 heavy (non-hydrogen) atoms. The molecule has 2 aromatic carbocycles. The first kappa shape index (κ1) is 26.2. The molecule has 0 fully saturated rings. The molecule has 0 unspecified atom stereocenters. The summed E-state index contributed by atoms with van der Waals surface area (Å²) in [6, 6.07) is 16.7. The van der Waals surface area contributed by atoms with Crippen LogP contribution in [-0.4, -0.2) is 25.9 Å². The summed E-state index contributed by atoms with van der Waals surface area (Å²) in [5, 5.41) is 2.88. The molecule has 0 aliphatic rings. The number of nitrogens with zero attached hydrogens (tertiary/aromatic N) is 1. The van der Waals surface area contributed by atoms with Crippen LogP contribution in [0.25, 0.3) is 0 Å². The molecule has 0 atom stereocenters. The monoisotopic (exact) mass is 495 g/mol. The molecular weight excluding hydrogens is 462 g/mol. The maximum Gasteiger partial charge on any atom is 0.261 e. The van der Waals surface area contributed by atoms with Gasteiger partial charge in [-0.2, -0.15) is 0 Å². The molecule has 1 heterocycles. The van der Waals surface area contributed by atoms with E-state index in [0.29, 0.717) is 35.4 Å². The fraction of sp³-hybridized carbons (Fsp3) is 0.333. The predicted octanol–water partition coefficient (Wildman–Crippen LogP) is 5.65. The number of aromatic nitrogens is 1. The van der Waals surface area contributed by atoms with Crippen molar-refractivity contribution < 1.29 is 17.9 Å². The molecule has 0 saturated heterocycles. The van der Waals surface area contributed by atoms with Crippen LogP contribution < -0.4 is 14.8 Å². The molecule has 0 aliphatic carbocycles. The third-order valence-electron chi connectivity index (χ3n) is 5.20. The molecule has 8 heteroatoms. The van der Waals surface area contributed by atoms with Gasteiger partial charge in [-0.3, -0.25) is 9.52 Å². The van der Waals surface area contributed by atoms with Gasteiger partial charge in [0.15, 0.2) is 0 Å². The number of hydrogen-bond acceptors (Lipinski definition) is 5. The Balaban J connectivity index is 1.73. The minimum Gasteiger partial charge on any atom is -0.438 e. The van der Waals surface area contributed by atoms with Gasteiger partial charge in [-0.25, -0.2) is 13.4 Å². The number of ether oxygens (including phenoxy) is 1. The van der Waals surface area contributed by atoms with Crippen molar-refractivity contribution in [2.24, 2.45) is 11.8 Å². The number of carbonyl (C=O) groups is 1. The van der Waals surface area contributed by atoms with Crippen LogP contribution in [0.1, 0.15) is 50.0 Å². The van der Waals surface area contributed by atoms with Crippen molar-refractivity contribution in [1.29, 1.82) is 0 Å². The van der Waals surface area contributed by atoms with Gasteiger partial charge in [0, 0.05) is 18.8 Å². The van der Waals surface area contributed by atoms with Crippen LogP contribution in [-0.2, 0) is 16.4 Å². The number of hydrogen-bond donors (Lipinski definition) is 2. The van der Waals surface area contributed by atoms with E-state index in [1.54, 1.807) is 48.5 Å². The summed E-state index contributed by atoms with van der Waals surface area (Å²) in [4.78, 5) is 17.0. The predicted molar refractivity (Wildman–Crippen MR) is 138 cm³/mol. The van der Waals surface area contributed by atoms with Gasteiger partial charge < -0.3 is 10.1 Å². The Kier molecular flexibility index (Phi) is 8.87. The van der Waals surface area contributed by atoms with Gasteiger partial charge in [0.25, 0.3) is 15.9 Å². The van der Waals surface area contributed by atoms with Gasteiger partial charge in [-0.1, -0.05) is 45.9 Å². The maximum atomic E-state index is 12.9. The first-order chi connectivity index (χ1) is 16.6. The lowest BCUT2D eigenvalue weighted by molar-refractivity contribution is 0.0949. The Morgan fingerprint density at radius 2 is 1.71 bits per heavy atom. The van der Waals surface area contributed by atoms with E-state index < -0.39 is 10.0 Å². The molecular formula is C27H33N3O4S. The Labute approximate surface area is 208 Å². The maximum absolute atomic E-state index is 12.9. The molecule has 3 rings (SSSR count). The fourth-order valence-electron chi connectivity index (χ4n) is 3.44. The van der Waals surface area contributed by atoms with Crippen molar-refractivity contribution >= 4 is 21.6 Å². The van der Waals surface area contributed by atoms with Crippen molar-refractivity contribution in [3.63, 3.8) is 0 Å². The van der Waals surface area contributed by atoms with Gasteiger partial charge in [-0.05, 0) is 66.6 Å². The van der Waals surface area contributed by atoms with Gasteiger partial charge in [0.2, 0.25) is 5.88 Å². The zero-order chi connectivity index (χ0) is 25.4. The molecule has 3 aromatic rings. The first-order valence-corrected chi connectivity index (χ1v) is 13.3. The van der Waals surface area contributed by atoms with Crippen molar-refractivity contribution in [3.8, 4) is 11.6 Å². The van der Waals surface area contributed by atoms with Gasteiger partial charge in [0.05, 0.1) is 10.6 Å². The Morgan fingerprint density at radius 3 is 2.40 bits per heavy atom. The summed E-state index contributed by atoms with van der Waals surface area (Å²) in [5.74, 6) is 1.20. The number of carbonyl (C=O) groups excluding carboxylic acids is 1. The van der Waals surface area contributed by atoms with E-state index in [4.69, 9.17) is 4.74 Å². The highest BCUT2D eigenvalue weighted by Gasteiger charge is 2.17. The van der Waals surface area contributed by atoms with Crippen LogP contribution in [0.5, 0.6) is 11.6 Å². The first-order valence-electron chi connectivity index (χ1n) is 11.8. The van der Waals surface area contributed by atoms with Crippen molar-refractivity contribution in [1.82, 2.24) is 10.3 Å². The van der Waals surface area contributed by atoms with Crippen LogP contribution in [0.2, 0.25) is 0 Å². The lowest BCUT2D eigenvalue weighted by Crippen LogP contribution is -2.25. The van der Waals surface area contributed by atoms with E-state index >= 15 is 0 Å². The van der Waals surface area contributed by atoms with E-state index in [2.05, 4.69) is 42.7 Å². The second-order valence-corrected chi connectivity index (χ2v) is 11.0. The number of benzene rings is 2. The van der Waals surface area contributed by atoms with Crippen LogP contribution >= 0.6 is 0 Å². The number of rotatable bonds is 11. The standard InChI is InChI=1S/C27H33N3O4S/c1-19(2)14-16-28-26(31)25-9-6-15-29-27(25)34-23-8-5-7-22(18-23)30-35(32,33)24-12-10-21(11-13-24)17-20(3)4/h5-13,15,18-20,30H,14,16-17H2,1-4H3,(H,28,31). The molecule has 7 nitrogen and oxygen atoms in total. The van der Waals surface area contributed by atoms with E-state index in [9.17, 15) is 13.2 Å². The highest BCUT2D eigenvalue weighted by Crippen LogP contribution is 2.27. The number of amides is 1. The largest absolute Gasteiger partial charge is 0.438 e. The quantitative estimate of drug-likeness (QED) is 0.358. The van der Waals surface area contributed by atoms with Gasteiger partial charge in [0.1, 0.15) is 11.3 Å². The number of pyridine rings is 1. The summed E-state index contributed by atoms with van der Waals surface area (Å²) in [6.07, 6.45) is 3.29. The third-order valence-corrected chi connectivity index (χ3v) is 6.60. The summed E-state index contributed by atoms with van der Waals surface area (Å²) >= 11 is 0. The molecule has 0 radical (unpaired) electrons. The third kappa shape index (κ3) is 7.82. The topological polar surface area (TPSA) is 97.4 Å². The van der Waals surface area contributed by atoms with E-state index in [1.165, 1.54) is 6.20 Å². The lowest BCUT2D eigenvalue weighted by Gasteiger charge is -2.13. The highest BCUT2D eigenvalue weighted by atomic mass is 32.2. The normalized spacial score (nSPS) is 11.5. The molecule has 0 bridgehead atoms. The smallest absolute Gasteiger partial charge is 0.261 e. The Bertz CT molecular complexity index is 1240. The molecule has 0 spiro atoms. The number of sulfonamides is 1.